The molecular weight excluding hydrogens is 230 g/mol. The van der Waals surface area contributed by atoms with E-state index in [4.69, 9.17) is 0 Å². The molecule has 0 radical (unpaired) electrons. The van der Waals surface area contributed by atoms with Gasteiger partial charge in [-0.1, -0.05) is 12.1 Å². The zero-order valence-corrected chi connectivity index (χ0v) is 10.3. The Balaban J connectivity index is 1.99. The molecule has 0 atom stereocenters. The molecule has 1 N–H and O–H groups in total. The van der Waals surface area contributed by atoms with Crippen molar-refractivity contribution in [3.8, 4) is 0 Å². The van der Waals surface area contributed by atoms with Crippen LogP contribution in [0.3, 0.4) is 0 Å². The number of hydrogen-bond donors (Lipinski definition) is 1. The maximum atomic E-state index is 11.4. The van der Waals surface area contributed by atoms with E-state index in [1.807, 2.05) is 18.2 Å². The molecule has 1 heterocycles. The van der Waals surface area contributed by atoms with E-state index < -0.39 is 11.4 Å². The van der Waals surface area contributed by atoms with Crippen LogP contribution >= 0.6 is 0 Å². The number of carboxylic acids is 1. The van der Waals surface area contributed by atoms with E-state index in [1.165, 1.54) is 0 Å². The van der Waals surface area contributed by atoms with Gasteiger partial charge in [-0.25, -0.2) is 0 Å². The molecule has 0 bridgehead atoms. The molecule has 94 valence electrons. The van der Waals surface area contributed by atoms with Gasteiger partial charge in [0.05, 0.1) is 5.41 Å². The zero-order valence-electron chi connectivity index (χ0n) is 10.3. The third-order valence-corrected chi connectivity index (χ3v) is 4.07. The predicted molar refractivity (Wildman–Crippen MR) is 66.7 cm³/mol. The Labute approximate surface area is 105 Å². The van der Waals surface area contributed by atoms with Gasteiger partial charge >= 0.3 is 5.97 Å². The number of carbonyl (C=O) groups is 2. The van der Waals surface area contributed by atoms with Crippen molar-refractivity contribution in [2.45, 2.75) is 31.6 Å². The number of aliphatic carboxylic acids is 1. The molecule has 1 amide bonds. The summed E-state index contributed by atoms with van der Waals surface area (Å²) in [6.45, 7) is 2.26. The lowest BCUT2D eigenvalue weighted by Gasteiger charge is -2.16. The van der Waals surface area contributed by atoms with Crippen molar-refractivity contribution < 1.29 is 14.7 Å². The van der Waals surface area contributed by atoms with Crippen molar-refractivity contribution in [1.82, 2.24) is 0 Å². The minimum atomic E-state index is -0.733. The third kappa shape index (κ3) is 1.45. The standard InChI is InChI=1S/C14H15NO3/c1-9(16)15-7-4-10-8-11(2-3-12(10)15)14(5-6-14)13(17)18/h2-3,8H,4-7H2,1H3,(H,17,18). The van der Waals surface area contributed by atoms with Gasteiger partial charge < -0.3 is 10.0 Å². The average molecular weight is 245 g/mol. The summed E-state index contributed by atoms with van der Waals surface area (Å²) >= 11 is 0. The summed E-state index contributed by atoms with van der Waals surface area (Å²) in [6.07, 6.45) is 2.26. The summed E-state index contributed by atoms with van der Waals surface area (Å²) < 4.78 is 0. The van der Waals surface area contributed by atoms with Crippen LogP contribution in [0.5, 0.6) is 0 Å². The maximum Gasteiger partial charge on any atom is 0.314 e. The van der Waals surface area contributed by atoms with Gasteiger partial charge in [0.25, 0.3) is 0 Å². The van der Waals surface area contributed by atoms with Gasteiger partial charge in [0.15, 0.2) is 0 Å². The van der Waals surface area contributed by atoms with Gasteiger partial charge in [-0.3, -0.25) is 9.59 Å². The number of rotatable bonds is 2. The number of fused-ring (bicyclic) bond motifs is 1. The fraction of sp³-hybridized carbons (Fsp3) is 0.429. The van der Waals surface area contributed by atoms with Crippen molar-refractivity contribution in [1.29, 1.82) is 0 Å². The molecule has 1 aliphatic carbocycles. The first kappa shape index (κ1) is 11.3. The van der Waals surface area contributed by atoms with Gasteiger partial charge in [-0.2, -0.15) is 0 Å². The van der Waals surface area contributed by atoms with Crippen molar-refractivity contribution >= 4 is 17.6 Å². The van der Waals surface area contributed by atoms with Crippen LogP contribution < -0.4 is 4.90 Å². The summed E-state index contributed by atoms with van der Waals surface area (Å²) in [5.74, 6) is -0.690. The predicted octanol–water partition coefficient (Wildman–Crippen LogP) is 1.71. The smallest absolute Gasteiger partial charge is 0.314 e. The summed E-state index contributed by atoms with van der Waals surface area (Å²) in [5, 5.41) is 9.28. The van der Waals surface area contributed by atoms with Gasteiger partial charge in [0.1, 0.15) is 0 Å². The molecule has 1 aliphatic heterocycles. The fourth-order valence-corrected chi connectivity index (χ4v) is 2.78. The molecule has 3 rings (SSSR count). The zero-order chi connectivity index (χ0) is 12.9. The summed E-state index contributed by atoms with van der Waals surface area (Å²) in [7, 11) is 0. The first-order chi connectivity index (χ1) is 8.54. The summed E-state index contributed by atoms with van der Waals surface area (Å²) in [6, 6.07) is 5.72. The largest absolute Gasteiger partial charge is 0.481 e. The highest BCUT2D eigenvalue weighted by Gasteiger charge is 2.52. The molecule has 18 heavy (non-hydrogen) atoms. The van der Waals surface area contributed by atoms with Crippen LogP contribution in [-0.4, -0.2) is 23.5 Å². The van der Waals surface area contributed by atoms with E-state index in [9.17, 15) is 14.7 Å². The number of hydrogen-bond acceptors (Lipinski definition) is 2. The molecule has 0 spiro atoms. The maximum absolute atomic E-state index is 11.4. The Morgan fingerprint density at radius 3 is 2.61 bits per heavy atom. The molecule has 1 aromatic carbocycles. The minimum absolute atomic E-state index is 0.0425. The Kier molecular flexibility index (Phi) is 2.24. The second-order valence-electron chi connectivity index (χ2n) is 5.15. The first-order valence-electron chi connectivity index (χ1n) is 6.19. The monoisotopic (exact) mass is 245 g/mol. The number of anilines is 1. The first-order valence-corrected chi connectivity index (χ1v) is 6.19. The van der Waals surface area contributed by atoms with Gasteiger partial charge in [0, 0.05) is 19.2 Å². The van der Waals surface area contributed by atoms with Crippen molar-refractivity contribution in [3.05, 3.63) is 29.3 Å². The Morgan fingerprint density at radius 2 is 2.06 bits per heavy atom. The van der Waals surface area contributed by atoms with Gasteiger partial charge in [-0.15, -0.1) is 0 Å². The van der Waals surface area contributed by atoms with E-state index in [0.717, 1.165) is 36.1 Å². The van der Waals surface area contributed by atoms with E-state index in [2.05, 4.69) is 0 Å². The number of benzene rings is 1. The molecule has 4 nitrogen and oxygen atoms in total. The Bertz CT molecular complexity index is 546. The van der Waals surface area contributed by atoms with Crippen LogP contribution in [0.2, 0.25) is 0 Å². The lowest BCUT2D eigenvalue weighted by molar-refractivity contribution is -0.140. The SMILES string of the molecule is CC(=O)N1CCc2cc(C3(C(=O)O)CC3)ccc21. The Morgan fingerprint density at radius 1 is 1.33 bits per heavy atom. The summed E-state index contributed by atoms with van der Waals surface area (Å²) in [5.41, 5.74) is 2.26. The number of amides is 1. The van der Waals surface area contributed by atoms with Gasteiger partial charge in [0.2, 0.25) is 5.91 Å². The molecule has 4 heteroatoms. The highest BCUT2D eigenvalue weighted by atomic mass is 16.4. The Hall–Kier alpha value is -1.84. The molecule has 0 unspecified atom stereocenters. The second kappa shape index (κ2) is 3.57. The lowest BCUT2D eigenvalue weighted by Crippen LogP contribution is -2.25. The quantitative estimate of drug-likeness (QED) is 0.863. The van der Waals surface area contributed by atoms with E-state index in [-0.39, 0.29) is 5.91 Å². The second-order valence-corrected chi connectivity index (χ2v) is 5.15. The van der Waals surface area contributed by atoms with Crippen molar-refractivity contribution in [3.63, 3.8) is 0 Å². The molecule has 0 aromatic heterocycles. The number of carboxylic acid groups (broad SMARTS) is 1. The van der Waals surface area contributed by atoms with E-state index in [0.29, 0.717) is 6.54 Å². The fourth-order valence-electron chi connectivity index (χ4n) is 2.78. The highest BCUT2D eigenvalue weighted by molar-refractivity contribution is 5.94. The summed E-state index contributed by atoms with van der Waals surface area (Å²) in [4.78, 5) is 24.5. The molecular formula is C14H15NO3. The number of nitrogens with zero attached hydrogens (tertiary/aromatic N) is 1. The van der Waals surface area contributed by atoms with Crippen LogP contribution in [0.15, 0.2) is 18.2 Å². The molecule has 2 aliphatic rings. The van der Waals surface area contributed by atoms with E-state index in [1.54, 1.807) is 11.8 Å². The molecule has 1 aromatic rings. The van der Waals surface area contributed by atoms with Crippen LogP contribution in [0.1, 0.15) is 30.9 Å². The van der Waals surface area contributed by atoms with Gasteiger partial charge in [-0.05, 0) is 36.5 Å². The minimum Gasteiger partial charge on any atom is -0.481 e. The van der Waals surface area contributed by atoms with Crippen molar-refractivity contribution in [2.24, 2.45) is 0 Å². The van der Waals surface area contributed by atoms with Crippen LogP contribution in [0.4, 0.5) is 5.69 Å². The molecule has 1 saturated carbocycles. The normalized spacial score (nSPS) is 19.5. The topological polar surface area (TPSA) is 57.6 Å². The third-order valence-electron chi connectivity index (χ3n) is 4.07. The van der Waals surface area contributed by atoms with Crippen LogP contribution in [0, 0.1) is 0 Å². The van der Waals surface area contributed by atoms with Crippen LogP contribution in [-0.2, 0) is 21.4 Å². The highest BCUT2D eigenvalue weighted by Crippen LogP contribution is 2.49. The molecule has 0 saturated heterocycles. The lowest BCUT2D eigenvalue weighted by atomic mass is 9.94. The van der Waals surface area contributed by atoms with E-state index >= 15 is 0 Å². The number of carbonyl (C=O) groups excluding carboxylic acids is 1. The average Bonchev–Trinajstić information content (AvgIpc) is 3.03. The molecule has 1 fully saturated rings. The van der Waals surface area contributed by atoms with Crippen LogP contribution in [0.25, 0.3) is 0 Å². The van der Waals surface area contributed by atoms with Crippen molar-refractivity contribution in [2.75, 3.05) is 11.4 Å².